The molecule has 102 valence electrons. The third-order valence-electron chi connectivity index (χ3n) is 3.17. The first-order valence-electron chi connectivity index (χ1n) is 6.36. The monoisotopic (exact) mass is 254 g/mol. The van der Waals surface area contributed by atoms with Crippen LogP contribution in [0.15, 0.2) is 18.2 Å². The minimum atomic E-state index is -0.239. The molecule has 0 bridgehead atoms. The zero-order chi connectivity index (χ0) is 13.7. The van der Waals surface area contributed by atoms with Crippen LogP contribution < -0.4 is 10.2 Å². The molecule has 4 heteroatoms. The zero-order valence-electron chi connectivity index (χ0n) is 11.6. The quantitative estimate of drug-likeness (QED) is 0.817. The van der Waals surface area contributed by atoms with Gasteiger partial charge < -0.3 is 15.3 Å². The van der Waals surface area contributed by atoms with Crippen LogP contribution in [0.3, 0.4) is 0 Å². The van der Waals surface area contributed by atoms with Crippen molar-refractivity contribution in [1.82, 2.24) is 5.32 Å². The van der Waals surface area contributed by atoms with Gasteiger partial charge in [0.15, 0.2) is 0 Å². The predicted molar refractivity (Wildman–Crippen MR) is 73.4 cm³/mol. The Bertz CT molecular complexity index is 382. The molecule has 0 radical (unpaired) electrons. The van der Waals surface area contributed by atoms with E-state index in [1.54, 1.807) is 6.07 Å². The molecule has 0 saturated heterocycles. The van der Waals surface area contributed by atoms with E-state index in [-0.39, 0.29) is 24.5 Å². The highest BCUT2D eigenvalue weighted by Crippen LogP contribution is 2.30. The van der Waals surface area contributed by atoms with Crippen molar-refractivity contribution >= 4 is 5.69 Å². The summed E-state index contributed by atoms with van der Waals surface area (Å²) >= 11 is 0. The highest BCUT2D eigenvalue weighted by Gasteiger charge is 2.20. The summed E-state index contributed by atoms with van der Waals surface area (Å²) in [6.07, 6.45) is 0. The van der Waals surface area contributed by atoms with Crippen LogP contribution in [0.25, 0.3) is 0 Å². The van der Waals surface area contributed by atoms with Gasteiger partial charge >= 0.3 is 0 Å². The molecule has 0 heterocycles. The van der Waals surface area contributed by atoms with E-state index in [0.29, 0.717) is 12.2 Å². The van der Waals surface area contributed by atoms with Gasteiger partial charge in [-0.25, -0.2) is 4.39 Å². The molecule has 0 aliphatic heterocycles. The molecule has 0 saturated carbocycles. The Kier molecular flexibility index (Phi) is 5.56. The van der Waals surface area contributed by atoms with Gasteiger partial charge in [0.05, 0.1) is 12.3 Å². The highest BCUT2D eigenvalue weighted by molar-refractivity contribution is 5.56. The minimum Gasteiger partial charge on any atom is -0.395 e. The van der Waals surface area contributed by atoms with Gasteiger partial charge in [-0.15, -0.1) is 0 Å². The Morgan fingerprint density at radius 2 is 2.00 bits per heavy atom. The van der Waals surface area contributed by atoms with Crippen molar-refractivity contribution in [2.75, 3.05) is 25.1 Å². The molecular weight excluding hydrogens is 231 g/mol. The minimum absolute atomic E-state index is 0.0138. The Labute approximate surface area is 109 Å². The van der Waals surface area contributed by atoms with Gasteiger partial charge in [0.1, 0.15) is 5.82 Å². The maximum atomic E-state index is 14.1. The summed E-state index contributed by atoms with van der Waals surface area (Å²) < 4.78 is 14.1. The SMILES string of the molecule is CNC(C)c1cccc(F)c1N(CCO)C(C)C. The summed E-state index contributed by atoms with van der Waals surface area (Å²) in [4.78, 5) is 1.90. The Hall–Kier alpha value is -1.13. The van der Waals surface area contributed by atoms with Crippen molar-refractivity contribution in [3.05, 3.63) is 29.6 Å². The number of hydrogen-bond acceptors (Lipinski definition) is 3. The number of halogens is 1. The molecule has 0 aliphatic carbocycles. The van der Waals surface area contributed by atoms with Gasteiger partial charge in [0, 0.05) is 18.6 Å². The lowest BCUT2D eigenvalue weighted by Crippen LogP contribution is -2.35. The Morgan fingerprint density at radius 1 is 1.33 bits per heavy atom. The Balaban J connectivity index is 3.26. The second-order valence-electron chi connectivity index (χ2n) is 4.70. The smallest absolute Gasteiger partial charge is 0.146 e. The standard InChI is InChI=1S/C14H23FN2O/c1-10(2)17(8-9-18)14-12(11(3)16-4)6-5-7-13(14)15/h5-7,10-11,16,18H,8-9H2,1-4H3. The normalized spacial score (nSPS) is 12.8. The molecular formula is C14H23FN2O. The molecule has 1 rings (SSSR count). The van der Waals surface area contributed by atoms with Gasteiger partial charge in [0.2, 0.25) is 0 Å². The topological polar surface area (TPSA) is 35.5 Å². The number of anilines is 1. The van der Waals surface area contributed by atoms with Crippen LogP contribution in [0.5, 0.6) is 0 Å². The molecule has 0 spiro atoms. The van der Waals surface area contributed by atoms with Crippen molar-refractivity contribution in [3.8, 4) is 0 Å². The van der Waals surface area contributed by atoms with Gasteiger partial charge in [-0.3, -0.25) is 0 Å². The molecule has 3 nitrogen and oxygen atoms in total. The largest absolute Gasteiger partial charge is 0.395 e. The molecule has 2 N–H and O–H groups in total. The van der Waals surface area contributed by atoms with Crippen LogP contribution in [-0.2, 0) is 0 Å². The fourth-order valence-electron chi connectivity index (χ4n) is 2.08. The zero-order valence-corrected chi connectivity index (χ0v) is 11.6. The molecule has 0 aromatic heterocycles. The maximum absolute atomic E-state index is 14.1. The molecule has 0 amide bonds. The van der Waals surface area contributed by atoms with E-state index in [4.69, 9.17) is 5.11 Å². The summed E-state index contributed by atoms with van der Waals surface area (Å²) in [7, 11) is 1.85. The lowest BCUT2D eigenvalue weighted by molar-refractivity contribution is 0.298. The van der Waals surface area contributed by atoms with Crippen LogP contribution >= 0.6 is 0 Å². The molecule has 1 aromatic rings. The predicted octanol–water partition coefficient (Wildman–Crippen LogP) is 2.31. The average Bonchev–Trinajstić information content (AvgIpc) is 2.35. The number of nitrogens with one attached hydrogen (secondary N) is 1. The van der Waals surface area contributed by atoms with Gasteiger partial charge in [-0.1, -0.05) is 12.1 Å². The summed E-state index contributed by atoms with van der Waals surface area (Å²) in [6.45, 7) is 6.43. The summed E-state index contributed by atoms with van der Waals surface area (Å²) in [5.74, 6) is -0.239. The van der Waals surface area contributed by atoms with Crippen molar-refractivity contribution in [3.63, 3.8) is 0 Å². The van der Waals surface area contributed by atoms with Gasteiger partial charge in [-0.2, -0.15) is 0 Å². The molecule has 0 aliphatic rings. The van der Waals surface area contributed by atoms with Crippen molar-refractivity contribution in [2.24, 2.45) is 0 Å². The Morgan fingerprint density at radius 3 is 2.50 bits per heavy atom. The van der Waals surface area contributed by atoms with Crippen LogP contribution in [0.2, 0.25) is 0 Å². The third-order valence-corrected chi connectivity index (χ3v) is 3.17. The van der Waals surface area contributed by atoms with Crippen molar-refractivity contribution < 1.29 is 9.50 Å². The van der Waals surface area contributed by atoms with E-state index in [1.165, 1.54) is 6.07 Å². The second-order valence-corrected chi connectivity index (χ2v) is 4.70. The first-order chi connectivity index (χ1) is 8.52. The fourth-order valence-corrected chi connectivity index (χ4v) is 2.08. The number of benzene rings is 1. The van der Waals surface area contributed by atoms with Crippen molar-refractivity contribution in [2.45, 2.75) is 32.9 Å². The number of aliphatic hydroxyl groups excluding tert-OH is 1. The van der Waals surface area contributed by atoms with Gasteiger partial charge in [0.25, 0.3) is 0 Å². The summed E-state index contributed by atoms with van der Waals surface area (Å²) in [5, 5.41) is 12.3. The lowest BCUT2D eigenvalue weighted by Gasteiger charge is -2.32. The molecule has 1 unspecified atom stereocenters. The van der Waals surface area contributed by atoms with E-state index in [0.717, 1.165) is 5.56 Å². The maximum Gasteiger partial charge on any atom is 0.146 e. The van der Waals surface area contributed by atoms with Crippen LogP contribution in [-0.4, -0.2) is 31.3 Å². The molecule has 1 aromatic carbocycles. The average molecular weight is 254 g/mol. The molecule has 1 atom stereocenters. The lowest BCUT2D eigenvalue weighted by atomic mass is 10.0. The number of aliphatic hydroxyl groups is 1. The summed E-state index contributed by atoms with van der Waals surface area (Å²) in [6, 6.07) is 5.31. The van der Waals surface area contributed by atoms with Crippen LogP contribution in [0, 0.1) is 5.82 Å². The number of para-hydroxylation sites is 1. The fraction of sp³-hybridized carbons (Fsp3) is 0.571. The number of hydrogen-bond donors (Lipinski definition) is 2. The highest BCUT2D eigenvalue weighted by atomic mass is 19.1. The van der Waals surface area contributed by atoms with E-state index in [1.807, 2.05) is 38.8 Å². The second kappa shape index (κ2) is 6.71. The van der Waals surface area contributed by atoms with Crippen LogP contribution in [0.1, 0.15) is 32.4 Å². The van der Waals surface area contributed by atoms with Gasteiger partial charge in [-0.05, 0) is 39.4 Å². The number of nitrogens with zero attached hydrogens (tertiary/aromatic N) is 1. The van der Waals surface area contributed by atoms with Crippen molar-refractivity contribution in [1.29, 1.82) is 0 Å². The van der Waals surface area contributed by atoms with Crippen LogP contribution in [0.4, 0.5) is 10.1 Å². The molecule has 0 fully saturated rings. The third kappa shape index (κ3) is 3.21. The van der Waals surface area contributed by atoms with E-state index >= 15 is 0 Å². The molecule has 18 heavy (non-hydrogen) atoms. The first kappa shape index (κ1) is 14.9. The van der Waals surface area contributed by atoms with E-state index in [2.05, 4.69) is 5.32 Å². The van der Waals surface area contributed by atoms with E-state index in [9.17, 15) is 4.39 Å². The van der Waals surface area contributed by atoms with E-state index < -0.39 is 0 Å². The first-order valence-corrected chi connectivity index (χ1v) is 6.36. The summed E-state index contributed by atoms with van der Waals surface area (Å²) in [5.41, 5.74) is 1.50. The number of rotatable bonds is 6.